The second-order valence-corrected chi connectivity index (χ2v) is 5.02. The molecular formula is C20H23NO2. The maximum atomic E-state index is 11.8. The maximum absolute atomic E-state index is 11.8. The molecule has 120 valence electrons. The van der Waals surface area contributed by atoms with E-state index in [0.29, 0.717) is 6.42 Å². The Labute approximate surface area is 138 Å². The molecule has 0 N–H and O–H groups in total. The predicted molar refractivity (Wildman–Crippen MR) is 94.8 cm³/mol. The van der Waals surface area contributed by atoms with Crippen LogP contribution in [0.2, 0.25) is 0 Å². The topological polar surface area (TPSA) is 29.5 Å². The molecule has 0 saturated carbocycles. The number of anilines is 1. The number of allylic oxidation sites excluding steroid dienone is 1. The Balaban J connectivity index is 0.000000924. The SMILES string of the molecule is CC.COc1ccc(C2CC(=O)C=CN2c2ccccc2)cc1. The molecule has 0 spiro atoms. The number of nitrogens with zero attached hydrogens (tertiary/aromatic N) is 1. The molecule has 0 bridgehead atoms. The van der Waals surface area contributed by atoms with Gasteiger partial charge in [-0.25, -0.2) is 0 Å². The quantitative estimate of drug-likeness (QED) is 0.819. The molecule has 1 aliphatic rings. The smallest absolute Gasteiger partial charge is 0.159 e. The first-order chi connectivity index (χ1) is 11.3. The van der Waals surface area contributed by atoms with Crippen molar-refractivity contribution in [2.24, 2.45) is 0 Å². The molecule has 1 unspecified atom stereocenters. The summed E-state index contributed by atoms with van der Waals surface area (Å²) in [5.74, 6) is 0.977. The van der Waals surface area contributed by atoms with Gasteiger partial charge in [-0.15, -0.1) is 0 Å². The minimum Gasteiger partial charge on any atom is -0.497 e. The molecule has 0 saturated heterocycles. The third kappa shape index (κ3) is 4.01. The minimum absolute atomic E-state index is 0.0239. The second kappa shape index (κ2) is 8.18. The van der Waals surface area contributed by atoms with Gasteiger partial charge in [-0.3, -0.25) is 4.79 Å². The van der Waals surface area contributed by atoms with E-state index >= 15 is 0 Å². The second-order valence-electron chi connectivity index (χ2n) is 5.02. The third-order valence-corrected chi connectivity index (χ3v) is 3.71. The van der Waals surface area contributed by atoms with Gasteiger partial charge in [0, 0.05) is 18.3 Å². The lowest BCUT2D eigenvalue weighted by atomic mass is 9.96. The Kier molecular flexibility index (Phi) is 5.98. The monoisotopic (exact) mass is 309 g/mol. The Morgan fingerprint density at radius 3 is 2.26 bits per heavy atom. The number of rotatable bonds is 3. The fourth-order valence-corrected chi connectivity index (χ4v) is 2.59. The van der Waals surface area contributed by atoms with Gasteiger partial charge in [-0.05, 0) is 35.9 Å². The van der Waals surface area contributed by atoms with Crippen molar-refractivity contribution in [1.29, 1.82) is 0 Å². The average molecular weight is 309 g/mol. The summed E-state index contributed by atoms with van der Waals surface area (Å²) in [6.45, 7) is 4.00. The number of methoxy groups -OCH3 is 1. The molecule has 0 aliphatic carbocycles. The van der Waals surface area contributed by atoms with Gasteiger partial charge in [0.2, 0.25) is 0 Å². The molecule has 1 heterocycles. The summed E-state index contributed by atoms with van der Waals surface area (Å²) >= 11 is 0. The number of para-hydroxylation sites is 1. The zero-order valence-corrected chi connectivity index (χ0v) is 13.9. The zero-order chi connectivity index (χ0) is 16.7. The molecule has 0 fully saturated rings. The van der Waals surface area contributed by atoms with E-state index in [1.165, 1.54) is 0 Å². The summed E-state index contributed by atoms with van der Waals surface area (Å²) in [7, 11) is 1.65. The summed E-state index contributed by atoms with van der Waals surface area (Å²) in [5, 5.41) is 0. The van der Waals surface area contributed by atoms with E-state index in [4.69, 9.17) is 4.74 Å². The van der Waals surface area contributed by atoms with Crippen LogP contribution in [0, 0.1) is 0 Å². The third-order valence-electron chi connectivity index (χ3n) is 3.71. The van der Waals surface area contributed by atoms with Crippen molar-refractivity contribution in [1.82, 2.24) is 0 Å². The highest BCUT2D eigenvalue weighted by Gasteiger charge is 2.25. The van der Waals surface area contributed by atoms with Gasteiger partial charge in [0.15, 0.2) is 5.78 Å². The first kappa shape index (κ1) is 16.8. The molecule has 1 atom stereocenters. The van der Waals surface area contributed by atoms with Crippen molar-refractivity contribution in [3.63, 3.8) is 0 Å². The van der Waals surface area contributed by atoms with Crippen molar-refractivity contribution >= 4 is 11.5 Å². The van der Waals surface area contributed by atoms with E-state index in [1.807, 2.05) is 62.5 Å². The first-order valence-corrected chi connectivity index (χ1v) is 7.96. The highest BCUT2D eigenvalue weighted by atomic mass is 16.5. The van der Waals surface area contributed by atoms with Crippen molar-refractivity contribution in [2.45, 2.75) is 26.3 Å². The lowest BCUT2D eigenvalue weighted by Crippen LogP contribution is -2.28. The van der Waals surface area contributed by atoms with Crippen LogP contribution in [0.3, 0.4) is 0 Å². The lowest BCUT2D eigenvalue weighted by Gasteiger charge is -2.33. The van der Waals surface area contributed by atoms with Gasteiger partial charge < -0.3 is 9.64 Å². The number of ether oxygens (including phenoxy) is 1. The van der Waals surface area contributed by atoms with E-state index < -0.39 is 0 Å². The maximum Gasteiger partial charge on any atom is 0.159 e. The summed E-state index contributed by atoms with van der Waals surface area (Å²) in [6.07, 6.45) is 4.00. The number of benzene rings is 2. The number of hydrogen-bond acceptors (Lipinski definition) is 3. The molecule has 3 rings (SSSR count). The molecule has 0 amide bonds. The normalized spacial score (nSPS) is 16.6. The molecule has 23 heavy (non-hydrogen) atoms. The van der Waals surface area contributed by atoms with Crippen LogP contribution in [-0.2, 0) is 4.79 Å². The largest absolute Gasteiger partial charge is 0.497 e. The fraction of sp³-hybridized carbons (Fsp3) is 0.250. The summed E-state index contributed by atoms with van der Waals surface area (Å²) in [5.41, 5.74) is 2.19. The highest BCUT2D eigenvalue weighted by molar-refractivity contribution is 5.92. The summed E-state index contributed by atoms with van der Waals surface area (Å²) in [4.78, 5) is 14.0. The average Bonchev–Trinajstić information content (AvgIpc) is 2.64. The van der Waals surface area contributed by atoms with Gasteiger partial charge in [0.05, 0.1) is 13.2 Å². The van der Waals surface area contributed by atoms with E-state index in [2.05, 4.69) is 17.0 Å². The van der Waals surface area contributed by atoms with Crippen LogP contribution >= 0.6 is 0 Å². The van der Waals surface area contributed by atoms with E-state index in [-0.39, 0.29) is 11.8 Å². The molecule has 0 radical (unpaired) electrons. The van der Waals surface area contributed by atoms with Crippen molar-refractivity contribution in [3.05, 3.63) is 72.4 Å². The molecule has 3 nitrogen and oxygen atoms in total. The van der Waals surface area contributed by atoms with Crippen LogP contribution in [0.1, 0.15) is 31.9 Å². The molecular weight excluding hydrogens is 286 g/mol. The van der Waals surface area contributed by atoms with Crippen molar-refractivity contribution < 1.29 is 9.53 Å². The van der Waals surface area contributed by atoms with E-state index in [1.54, 1.807) is 13.2 Å². The Morgan fingerprint density at radius 2 is 1.65 bits per heavy atom. The number of hydrogen-bond donors (Lipinski definition) is 0. The van der Waals surface area contributed by atoms with Crippen LogP contribution in [0.4, 0.5) is 5.69 Å². The van der Waals surface area contributed by atoms with Gasteiger partial charge >= 0.3 is 0 Å². The predicted octanol–water partition coefficient (Wildman–Crippen LogP) is 4.76. The Hall–Kier alpha value is -2.55. The van der Waals surface area contributed by atoms with Gasteiger partial charge in [0.1, 0.15) is 5.75 Å². The fourth-order valence-electron chi connectivity index (χ4n) is 2.59. The molecule has 2 aromatic rings. The molecule has 1 aliphatic heterocycles. The number of carbonyl (C=O) groups excluding carboxylic acids is 1. The van der Waals surface area contributed by atoms with E-state index in [9.17, 15) is 4.79 Å². The van der Waals surface area contributed by atoms with Crippen LogP contribution in [-0.4, -0.2) is 12.9 Å². The first-order valence-electron chi connectivity index (χ1n) is 7.96. The Morgan fingerprint density at radius 1 is 1.00 bits per heavy atom. The van der Waals surface area contributed by atoms with Crippen LogP contribution < -0.4 is 9.64 Å². The van der Waals surface area contributed by atoms with Crippen LogP contribution in [0.25, 0.3) is 0 Å². The van der Waals surface area contributed by atoms with Crippen LogP contribution in [0.15, 0.2) is 66.9 Å². The highest BCUT2D eigenvalue weighted by Crippen LogP contribution is 2.33. The number of ketones is 1. The molecule has 0 aromatic heterocycles. The van der Waals surface area contributed by atoms with Crippen molar-refractivity contribution in [3.8, 4) is 5.75 Å². The van der Waals surface area contributed by atoms with Crippen molar-refractivity contribution in [2.75, 3.05) is 12.0 Å². The number of carbonyl (C=O) groups is 1. The van der Waals surface area contributed by atoms with Crippen LogP contribution in [0.5, 0.6) is 5.75 Å². The van der Waals surface area contributed by atoms with E-state index in [0.717, 1.165) is 17.0 Å². The van der Waals surface area contributed by atoms with Gasteiger partial charge in [-0.2, -0.15) is 0 Å². The summed E-state index contributed by atoms with van der Waals surface area (Å²) < 4.78 is 5.19. The summed E-state index contributed by atoms with van der Waals surface area (Å²) in [6, 6.07) is 18.0. The lowest BCUT2D eigenvalue weighted by molar-refractivity contribution is -0.115. The standard InChI is InChI=1S/C18H17NO2.C2H6/c1-21-17-9-7-14(8-10-17)18-13-16(20)11-12-19(18)15-5-3-2-4-6-15;1-2/h2-12,18H,13H2,1H3;1-2H3. The minimum atomic E-state index is 0.0239. The molecule has 3 heteroatoms. The van der Waals surface area contributed by atoms with Gasteiger partial charge in [-0.1, -0.05) is 44.2 Å². The zero-order valence-electron chi connectivity index (χ0n) is 13.9. The molecule has 2 aromatic carbocycles. The van der Waals surface area contributed by atoms with Gasteiger partial charge in [0.25, 0.3) is 0 Å². The Bertz CT molecular complexity index is 647.